The lowest BCUT2D eigenvalue weighted by molar-refractivity contribution is 0.272. The summed E-state index contributed by atoms with van der Waals surface area (Å²) < 4.78 is 15.4. The molecule has 6 heteroatoms. The van der Waals surface area contributed by atoms with Crippen molar-refractivity contribution >= 4 is 17.4 Å². The van der Waals surface area contributed by atoms with Crippen LogP contribution in [0.5, 0.6) is 0 Å². The van der Waals surface area contributed by atoms with Crippen molar-refractivity contribution in [3.8, 4) is 0 Å². The van der Waals surface area contributed by atoms with Gasteiger partial charge >= 0.3 is 0 Å². The third kappa shape index (κ3) is 2.20. The Kier molecular flexibility index (Phi) is 3.18. The highest BCUT2D eigenvalue weighted by Crippen LogP contribution is 2.30. The molecule has 0 saturated heterocycles. The van der Waals surface area contributed by atoms with E-state index in [1.54, 1.807) is 12.1 Å². The molecule has 0 unspecified atom stereocenters. The lowest BCUT2D eigenvalue weighted by Gasteiger charge is -2.06. The minimum absolute atomic E-state index is 0.278. The van der Waals surface area contributed by atoms with Crippen molar-refractivity contribution in [2.24, 2.45) is 0 Å². The molecular weight excluding hydrogens is 265 g/mol. The highest BCUT2D eigenvalue weighted by molar-refractivity contribution is 7.99. The zero-order valence-electron chi connectivity index (χ0n) is 9.82. The molecule has 1 aromatic carbocycles. The molecule has 3 aromatic rings. The minimum Gasteiger partial charge on any atom is -0.392 e. The standard InChI is InChI=1S/C13H10FN3OS/c14-10-4-3-5-11(9(10)8-18)19-13-16-15-12-6-1-2-7-17(12)13/h1-7,18H,8H2. The third-order valence-electron chi connectivity index (χ3n) is 2.72. The minimum atomic E-state index is -0.415. The van der Waals surface area contributed by atoms with Crippen molar-refractivity contribution in [3.63, 3.8) is 0 Å². The summed E-state index contributed by atoms with van der Waals surface area (Å²) in [5, 5.41) is 18.0. The van der Waals surface area contributed by atoms with Crippen molar-refractivity contribution < 1.29 is 9.50 Å². The molecule has 0 aliphatic heterocycles. The molecule has 96 valence electrons. The van der Waals surface area contributed by atoms with Crippen molar-refractivity contribution in [2.45, 2.75) is 16.7 Å². The molecule has 19 heavy (non-hydrogen) atoms. The Bertz CT molecular complexity index is 729. The van der Waals surface area contributed by atoms with Crippen LogP contribution in [0.3, 0.4) is 0 Å². The number of nitrogens with zero attached hydrogens (tertiary/aromatic N) is 3. The van der Waals surface area contributed by atoms with Crippen LogP contribution in [-0.4, -0.2) is 19.7 Å². The van der Waals surface area contributed by atoms with Gasteiger partial charge in [0.1, 0.15) is 5.82 Å². The number of benzene rings is 1. The number of aliphatic hydroxyl groups is 1. The van der Waals surface area contributed by atoms with Crippen LogP contribution in [0.4, 0.5) is 4.39 Å². The summed E-state index contributed by atoms with van der Waals surface area (Å²) in [4.78, 5) is 0.639. The average Bonchev–Trinajstić information content (AvgIpc) is 2.83. The molecule has 0 fully saturated rings. The van der Waals surface area contributed by atoms with Crippen LogP contribution < -0.4 is 0 Å². The summed E-state index contributed by atoms with van der Waals surface area (Å²) in [5.41, 5.74) is 1.01. The van der Waals surface area contributed by atoms with E-state index < -0.39 is 5.82 Å². The smallest absolute Gasteiger partial charge is 0.200 e. The molecule has 3 rings (SSSR count). The molecule has 2 aromatic heterocycles. The summed E-state index contributed by atoms with van der Waals surface area (Å²) >= 11 is 1.28. The molecule has 0 atom stereocenters. The molecule has 0 amide bonds. The topological polar surface area (TPSA) is 50.4 Å². The Morgan fingerprint density at radius 3 is 2.89 bits per heavy atom. The molecule has 1 N–H and O–H groups in total. The van der Waals surface area contributed by atoms with E-state index in [9.17, 15) is 9.50 Å². The SMILES string of the molecule is OCc1c(F)cccc1Sc1nnc2ccccn12. The van der Waals surface area contributed by atoms with Gasteiger partial charge in [-0.05, 0) is 36.0 Å². The molecule has 0 bridgehead atoms. The molecule has 0 aliphatic carbocycles. The molecule has 4 nitrogen and oxygen atoms in total. The summed E-state index contributed by atoms with van der Waals surface area (Å²) in [7, 11) is 0. The summed E-state index contributed by atoms with van der Waals surface area (Å²) in [6.45, 7) is -0.342. The first-order valence-corrected chi connectivity index (χ1v) is 6.47. The van der Waals surface area contributed by atoms with Gasteiger partial charge in [0.05, 0.1) is 6.61 Å². The fraction of sp³-hybridized carbons (Fsp3) is 0.0769. The monoisotopic (exact) mass is 275 g/mol. The van der Waals surface area contributed by atoms with Crippen LogP contribution >= 0.6 is 11.8 Å². The van der Waals surface area contributed by atoms with Crippen molar-refractivity contribution in [2.75, 3.05) is 0 Å². The van der Waals surface area contributed by atoms with Gasteiger partial charge < -0.3 is 5.11 Å². The van der Waals surface area contributed by atoms with Crippen LogP contribution in [0, 0.1) is 5.82 Å². The fourth-order valence-electron chi connectivity index (χ4n) is 1.78. The number of hydrogen-bond acceptors (Lipinski definition) is 4. The van der Waals surface area contributed by atoms with Gasteiger partial charge in [-0.25, -0.2) is 4.39 Å². The maximum Gasteiger partial charge on any atom is 0.200 e. The number of rotatable bonds is 3. The van der Waals surface area contributed by atoms with E-state index >= 15 is 0 Å². The predicted molar refractivity (Wildman–Crippen MR) is 69.4 cm³/mol. The molecule has 0 radical (unpaired) electrons. The van der Waals surface area contributed by atoms with Gasteiger partial charge in [-0.2, -0.15) is 0 Å². The molecule has 2 heterocycles. The zero-order valence-corrected chi connectivity index (χ0v) is 10.6. The lowest BCUT2D eigenvalue weighted by Crippen LogP contribution is -1.94. The quantitative estimate of drug-likeness (QED) is 0.798. The predicted octanol–water partition coefficient (Wildman–Crippen LogP) is 2.51. The van der Waals surface area contributed by atoms with E-state index in [1.165, 1.54) is 17.8 Å². The van der Waals surface area contributed by atoms with E-state index in [4.69, 9.17) is 0 Å². The van der Waals surface area contributed by atoms with Crippen LogP contribution in [-0.2, 0) is 6.61 Å². The van der Waals surface area contributed by atoms with E-state index in [0.717, 1.165) is 5.65 Å². The van der Waals surface area contributed by atoms with Crippen LogP contribution in [0.15, 0.2) is 52.6 Å². The van der Waals surface area contributed by atoms with Crippen molar-refractivity contribution in [3.05, 3.63) is 54.0 Å². The Morgan fingerprint density at radius 2 is 2.05 bits per heavy atom. The van der Waals surface area contributed by atoms with Gasteiger partial charge in [0, 0.05) is 16.7 Å². The maximum atomic E-state index is 13.6. The molecular formula is C13H10FN3OS. The molecule has 0 aliphatic rings. The van der Waals surface area contributed by atoms with E-state index in [1.807, 2.05) is 28.8 Å². The normalized spacial score (nSPS) is 11.1. The second-order valence-electron chi connectivity index (χ2n) is 3.89. The van der Waals surface area contributed by atoms with Gasteiger partial charge in [-0.15, -0.1) is 10.2 Å². The van der Waals surface area contributed by atoms with Crippen LogP contribution in [0.1, 0.15) is 5.56 Å². The van der Waals surface area contributed by atoms with Crippen LogP contribution in [0.25, 0.3) is 5.65 Å². The second-order valence-corrected chi connectivity index (χ2v) is 4.90. The third-order valence-corrected chi connectivity index (χ3v) is 3.78. The first-order chi connectivity index (χ1) is 9.29. The number of halogens is 1. The summed E-state index contributed by atoms with van der Waals surface area (Å²) in [6, 6.07) is 10.3. The highest BCUT2D eigenvalue weighted by Gasteiger charge is 2.12. The molecule has 0 spiro atoms. The van der Waals surface area contributed by atoms with Crippen LogP contribution in [0.2, 0.25) is 0 Å². The van der Waals surface area contributed by atoms with Gasteiger partial charge in [0.15, 0.2) is 10.8 Å². The molecule has 0 saturated carbocycles. The van der Waals surface area contributed by atoms with E-state index in [-0.39, 0.29) is 12.2 Å². The highest BCUT2D eigenvalue weighted by atomic mass is 32.2. The van der Waals surface area contributed by atoms with Gasteiger partial charge in [0.25, 0.3) is 0 Å². The average molecular weight is 275 g/mol. The number of fused-ring (bicyclic) bond motifs is 1. The van der Waals surface area contributed by atoms with Crippen molar-refractivity contribution in [1.82, 2.24) is 14.6 Å². The second kappa shape index (κ2) is 4.99. The number of aromatic nitrogens is 3. The lowest BCUT2D eigenvalue weighted by atomic mass is 10.2. The van der Waals surface area contributed by atoms with E-state index in [0.29, 0.717) is 10.1 Å². The Morgan fingerprint density at radius 1 is 1.16 bits per heavy atom. The largest absolute Gasteiger partial charge is 0.392 e. The number of hydrogen-bond donors (Lipinski definition) is 1. The Labute approximate surface area is 112 Å². The number of pyridine rings is 1. The Hall–Kier alpha value is -1.92. The summed E-state index contributed by atoms with van der Waals surface area (Å²) in [6.07, 6.45) is 1.84. The van der Waals surface area contributed by atoms with Gasteiger partial charge in [-0.3, -0.25) is 4.40 Å². The van der Waals surface area contributed by atoms with Crippen molar-refractivity contribution in [1.29, 1.82) is 0 Å². The Balaban J connectivity index is 2.04. The number of aliphatic hydroxyl groups excluding tert-OH is 1. The van der Waals surface area contributed by atoms with Gasteiger partial charge in [0.2, 0.25) is 0 Å². The first kappa shape index (κ1) is 12.1. The van der Waals surface area contributed by atoms with Gasteiger partial charge in [-0.1, -0.05) is 12.1 Å². The maximum absolute atomic E-state index is 13.6. The summed E-state index contributed by atoms with van der Waals surface area (Å²) in [5.74, 6) is -0.415. The zero-order chi connectivity index (χ0) is 13.2. The van der Waals surface area contributed by atoms with E-state index in [2.05, 4.69) is 10.2 Å². The first-order valence-electron chi connectivity index (χ1n) is 5.65. The fourth-order valence-corrected chi connectivity index (χ4v) is 2.74.